The summed E-state index contributed by atoms with van der Waals surface area (Å²) in [5, 5.41) is -2.86. The van der Waals surface area contributed by atoms with E-state index in [0.717, 1.165) is 12.1 Å². The smallest absolute Gasteiger partial charge is 0.434 e. The molecule has 0 heterocycles. The molecular weight excluding hydrogens is 409 g/mol. The van der Waals surface area contributed by atoms with Gasteiger partial charge in [0.1, 0.15) is 5.82 Å². The lowest BCUT2D eigenvalue weighted by atomic mass is 10.1. The van der Waals surface area contributed by atoms with Gasteiger partial charge in [-0.25, -0.2) is 9.18 Å². The lowest BCUT2D eigenvalue weighted by Crippen LogP contribution is -2.64. The van der Waals surface area contributed by atoms with E-state index in [2.05, 4.69) is 4.74 Å². The molecule has 1 rings (SSSR count). The number of hydrogen-bond acceptors (Lipinski definition) is 6. The molecule has 0 fully saturated rings. The van der Waals surface area contributed by atoms with Crippen LogP contribution in [0.5, 0.6) is 0 Å². The highest BCUT2D eigenvalue weighted by molar-refractivity contribution is 7.57. The number of hydrogen-bond donors (Lipinski definition) is 1. The summed E-state index contributed by atoms with van der Waals surface area (Å²) in [4.78, 5) is 24.8. The zero-order valence-corrected chi connectivity index (χ0v) is 16.2. The molecule has 0 aliphatic rings. The minimum Gasteiger partial charge on any atom is -0.463 e. The van der Waals surface area contributed by atoms with E-state index in [4.69, 9.17) is 9.05 Å². The number of alkyl halides is 3. The predicted octanol–water partition coefficient (Wildman–Crippen LogP) is 3.64. The first-order chi connectivity index (χ1) is 13.0. The average molecular weight is 429 g/mol. The van der Waals surface area contributed by atoms with Crippen LogP contribution in [0.15, 0.2) is 24.3 Å². The molecule has 158 valence electrons. The third kappa shape index (κ3) is 4.53. The molecule has 0 radical (unpaired) electrons. The van der Waals surface area contributed by atoms with Gasteiger partial charge in [-0.15, -0.1) is 0 Å². The summed E-state index contributed by atoms with van der Waals surface area (Å²) in [5.41, 5.74) is -0.806. The summed E-state index contributed by atoms with van der Waals surface area (Å²) in [5.74, 6) is -4.90. The van der Waals surface area contributed by atoms with Crippen LogP contribution >= 0.6 is 7.60 Å². The van der Waals surface area contributed by atoms with E-state index in [1.165, 1.54) is 38.2 Å². The Bertz CT molecular complexity index is 747. The van der Waals surface area contributed by atoms with Crippen LogP contribution in [0.3, 0.4) is 0 Å². The monoisotopic (exact) mass is 429 g/mol. The van der Waals surface area contributed by atoms with Gasteiger partial charge in [0.2, 0.25) is 0 Å². The maximum Gasteiger partial charge on any atom is 0.434 e. The van der Waals surface area contributed by atoms with Crippen molar-refractivity contribution in [1.82, 2.24) is 5.32 Å². The van der Waals surface area contributed by atoms with Crippen LogP contribution in [-0.4, -0.2) is 43.2 Å². The van der Waals surface area contributed by atoms with Crippen LogP contribution in [0, 0.1) is 5.82 Å². The van der Waals surface area contributed by atoms with Gasteiger partial charge in [-0.2, -0.15) is 13.2 Å². The number of carbonyl (C=O) groups is 2. The highest BCUT2D eigenvalue weighted by Crippen LogP contribution is 2.64. The first-order valence-electron chi connectivity index (χ1n) is 8.20. The predicted molar refractivity (Wildman–Crippen MR) is 90.1 cm³/mol. The molecule has 0 unspecified atom stereocenters. The first kappa shape index (κ1) is 24.1. The van der Waals surface area contributed by atoms with Crippen LogP contribution in [0.2, 0.25) is 0 Å². The van der Waals surface area contributed by atoms with Gasteiger partial charge in [-0.3, -0.25) is 9.36 Å². The second-order valence-electron chi connectivity index (χ2n) is 5.20. The second kappa shape index (κ2) is 9.49. The lowest BCUT2D eigenvalue weighted by molar-refractivity contribution is -0.196. The van der Waals surface area contributed by atoms with Crippen molar-refractivity contribution in [2.75, 3.05) is 19.8 Å². The van der Waals surface area contributed by atoms with Crippen molar-refractivity contribution in [3.8, 4) is 0 Å². The fraction of sp³-hybridized carbons (Fsp3) is 0.500. The Labute approximate surface area is 158 Å². The summed E-state index contributed by atoms with van der Waals surface area (Å²) >= 11 is 0. The molecule has 0 saturated heterocycles. The number of esters is 1. The average Bonchev–Trinajstić information content (AvgIpc) is 2.59. The molecule has 1 aromatic carbocycles. The number of ether oxygens (including phenoxy) is 1. The van der Waals surface area contributed by atoms with Gasteiger partial charge in [0.05, 0.1) is 25.4 Å². The molecule has 0 aliphatic heterocycles. The van der Waals surface area contributed by atoms with E-state index in [0.29, 0.717) is 0 Å². The third-order valence-corrected chi connectivity index (χ3v) is 5.97. The molecule has 0 bridgehead atoms. The Morgan fingerprint density at radius 1 is 1.04 bits per heavy atom. The van der Waals surface area contributed by atoms with Crippen LogP contribution < -0.4 is 5.32 Å². The van der Waals surface area contributed by atoms with E-state index in [1.807, 2.05) is 0 Å². The number of halogens is 4. The zero-order chi connectivity index (χ0) is 21.6. The summed E-state index contributed by atoms with van der Waals surface area (Å²) in [6.07, 6.45) is -5.67. The van der Waals surface area contributed by atoms with Crippen LogP contribution in [-0.2, 0) is 23.1 Å². The lowest BCUT2D eigenvalue weighted by Gasteiger charge is -2.38. The maximum atomic E-state index is 14.1. The molecule has 28 heavy (non-hydrogen) atoms. The van der Waals surface area contributed by atoms with Crippen molar-refractivity contribution in [2.24, 2.45) is 0 Å². The van der Waals surface area contributed by atoms with E-state index in [9.17, 15) is 31.7 Å². The highest BCUT2D eigenvalue weighted by Gasteiger charge is 2.75. The third-order valence-electron chi connectivity index (χ3n) is 3.40. The number of rotatable bonds is 9. The van der Waals surface area contributed by atoms with E-state index in [1.54, 1.807) is 0 Å². The molecule has 1 amide bonds. The Kier molecular flexibility index (Phi) is 8.16. The van der Waals surface area contributed by atoms with Crippen LogP contribution in [0.1, 0.15) is 31.1 Å². The van der Waals surface area contributed by atoms with Crippen LogP contribution in [0.4, 0.5) is 17.6 Å². The van der Waals surface area contributed by atoms with Crippen molar-refractivity contribution in [3.63, 3.8) is 0 Å². The van der Waals surface area contributed by atoms with Gasteiger partial charge in [0, 0.05) is 0 Å². The summed E-state index contributed by atoms with van der Waals surface area (Å²) in [7, 11) is -5.41. The topological polar surface area (TPSA) is 90.9 Å². The first-order valence-corrected chi connectivity index (χ1v) is 9.75. The van der Waals surface area contributed by atoms with Crippen molar-refractivity contribution in [3.05, 3.63) is 35.6 Å². The Balaban J connectivity index is 3.69. The van der Waals surface area contributed by atoms with Gasteiger partial charge >= 0.3 is 25.0 Å². The van der Waals surface area contributed by atoms with Crippen LogP contribution in [0.25, 0.3) is 0 Å². The zero-order valence-electron chi connectivity index (χ0n) is 15.3. The van der Waals surface area contributed by atoms with E-state index >= 15 is 0 Å². The molecular formula is C16H20F4NO6P. The quantitative estimate of drug-likeness (QED) is 0.366. The summed E-state index contributed by atoms with van der Waals surface area (Å²) in [6.45, 7) is 2.05. The number of amides is 1. The van der Waals surface area contributed by atoms with Crippen molar-refractivity contribution in [1.29, 1.82) is 0 Å². The molecule has 0 aliphatic carbocycles. The van der Waals surface area contributed by atoms with Gasteiger partial charge in [0.25, 0.3) is 5.91 Å². The fourth-order valence-corrected chi connectivity index (χ4v) is 4.24. The standard InChI is InChI=1S/C16H20F4NO6P/c1-4-25-14(23)15(16(18,19)20,28(24,26-5-2)27-6-3)21-13(22)11-9-7-8-10-12(11)17/h7-10H,4-6H2,1-3H3,(H,21,22)/t15-/m0/s1. The van der Waals surface area contributed by atoms with Crippen molar-refractivity contribution < 1.29 is 45.5 Å². The molecule has 1 atom stereocenters. The minimum atomic E-state index is -5.67. The molecule has 0 saturated carbocycles. The molecule has 12 heteroatoms. The maximum absolute atomic E-state index is 14.1. The SMILES string of the molecule is CCOC(=O)[C@@](NC(=O)c1ccccc1F)(C(F)(F)F)P(=O)(OCC)OCC. The normalized spacial score (nSPS) is 14.2. The molecule has 7 nitrogen and oxygen atoms in total. The van der Waals surface area contributed by atoms with Gasteiger partial charge in [0.15, 0.2) is 0 Å². The van der Waals surface area contributed by atoms with Gasteiger partial charge < -0.3 is 19.1 Å². The minimum absolute atomic E-state index is 0.523. The molecule has 1 aromatic rings. The summed E-state index contributed by atoms with van der Waals surface area (Å²) in [6, 6.07) is 4.13. The molecule has 1 N–H and O–H groups in total. The summed E-state index contributed by atoms with van der Waals surface area (Å²) < 4.78 is 83.2. The van der Waals surface area contributed by atoms with E-state index < -0.39 is 62.1 Å². The van der Waals surface area contributed by atoms with Crippen molar-refractivity contribution in [2.45, 2.75) is 32.2 Å². The Hall–Kier alpha value is -1.97. The highest BCUT2D eigenvalue weighted by atomic mass is 31.2. The van der Waals surface area contributed by atoms with Crippen molar-refractivity contribution >= 4 is 19.5 Å². The van der Waals surface area contributed by atoms with Gasteiger partial charge in [-0.05, 0) is 32.9 Å². The fourth-order valence-electron chi connectivity index (χ4n) is 2.26. The van der Waals surface area contributed by atoms with Gasteiger partial charge in [-0.1, -0.05) is 12.1 Å². The Morgan fingerprint density at radius 2 is 1.57 bits per heavy atom. The number of benzene rings is 1. The number of nitrogens with one attached hydrogen (secondary N) is 1. The second-order valence-corrected chi connectivity index (χ2v) is 7.38. The molecule has 0 aromatic heterocycles. The van der Waals surface area contributed by atoms with E-state index in [-0.39, 0.29) is 0 Å². The Morgan fingerprint density at radius 3 is 2.00 bits per heavy atom. The molecule has 0 spiro atoms. The largest absolute Gasteiger partial charge is 0.463 e. The number of carbonyl (C=O) groups excluding carboxylic acids is 2.